The van der Waals surface area contributed by atoms with Crippen molar-refractivity contribution >= 4 is 0 Å². The molecule has 0 atom stereocenters. The molecular weight excluding hydrogens is 158 g/mol. The number of oxazole rings is 1. The first-order chi connectivity index (χ1) is 5.72. The lowest BCUT2D eigenvalue weighted by Crippen LogP contribution is -2.04. The number of nitrogens with zero attached hydrogens (tertiary/aromatic N) is 1. The van der Waals surface area contributed by atoms with Crippen LogP contribution in [0.3, 0.4) is 0 Å². The summed E-state index contributed by atoms with van der Waals surface area (Å²) in [6.07, 6.45) is 1.61. The molecule has 0 amide bonds. The molecule has 0 aromatic carbocycles. The van der Waals surface area contributed by atoms with Gasteiger partial charge in [0, 0.05) is 0 Å². The molecular formula is C8H13NO3. The minimum atomic E-state index is -0.117. The van der Waals surface area contributed by atoms with E-state index in [1.807, 2.05) is 13.8 Å². The predicted octanol–water partition coefficient (Wildman–Crippen LogP) is 1.20. The number of aromatic nitrogens is 1. The normalized spacial score (nSPS) is 10.7. The van der Waals surface area contributed by atoms with Gasteiger partial charge in [-0.2, -0.15) is 4.98 Å². The van der Waals surface area contributed by atoms with E-state index >= 15 is 0 Å². The van der Waals surface area contributed by atoms with Crippen LogP contribution >= 0.6 is 0 Å². The molecule has 0 aliphatic rings. The third-order valence-electron chi connectivity index (χ3n) is 1.23. The predicted molar refractivity (Wildman–Crippen MR) is 42.8 cm³/mol. The van der Waals surface area contributed by atoms with Crippen molar-refractivity contribution in [3.05, 3.63) is 12.0 Å². The Balaban J connectivity index is 2.41. The number of ether oxygens (including phenoxy) is 1. The Bertz CT molecular complexity index is 232. The minimum absolute atomic E-state index is 0.117. The summed E-state index contributed by atoms with van der Waals surface area (Å²) in [6.45, 7) is 4.53. The quantitative estimate of drug-likeness (QED) is 0.739. The molecule has 0 aliphatic carbocycles. The lowest BCUT2D eigenvalue weighted by atomic mass is 10.2. The van der Waals surface area contributed by atoms with Crippen molar-refractivity contribution in [2.75, 3.05) is 6.61 Å². The SMILES string of the molecule is CC(C)COc1nc(CO)co1. The Kier molecular flexibility index (Phi) is 3.10. The van der Waals surface area contributed by atoms with Crippen LogP contribution in [0.25, 0.3) is 0 Å². The molecule has 0 fully saturated rings. The number of aliphatic hydroxyl groups is 1. The van der Waals surface area contributed by atoms with Crippen LogP contribution in [0, 0.1) is 5.92 Å². The van der Waals surface area contributed by atoms with Gasteiger partial charge < -0.3 is 14.3 Å². The summed E-state index contributed by atoms with van der Waals surface area (Å²) in [7, 11) is 0. The zero-order valence-electron chi connectivity index (χ0n) is 7.28. The van der Waals surface area contributed by atoms with Crippen LogP contribution < -0.4 is 4.74 Å². The zero-order chi connectivity index (χ0) is 8.97. The molecule has 1 aromatic rings. The highest BCUT2D eigenvalue weighted by molar-refractivity contribution is 4.97. The van der Waals surface area contributed by atoms with Gasteiger partial charge in [0.1, 0.15) is 12.0 Å². The van der Waals surface area contributed by atoms with Gasteiger partial charge in [-0.15, -0.1) is 0 Å². The van der Waals surface area contributed by atoms with Crippen molar-refractivity contribution < 1.29 is 14.3 Å². The fraction of sp³-hybridized carbons (Fsp3) is 0.625. The summed E-state index contributed by atoms with van der Waals surface area (Å²) >= 11 is 0. The van der Waals surface area contributed by atoms with Crippen molar-refractivity contribution in [3.63, 3.8) is 0 Å². The maximum absolute atomic E-state index is 8.65. The maximum atomic E-state index is 8.65. The molecule has 0 aliphatic heterocycles. The second-order valence-electron chi connectivity index (χ2n) is 2.97. The van der Waals surface area contributed by atoms with E-state index in [0.29, 0.717) is 18.2 Å². The van der Waals surface area contributed by atoms with Gasteiger partial charge in [-0.3, -0.25) is 0 Å². The summed E-state index contributed by atoms with van der Waals surface area (Å²) < 4.78 is 10.1. The van der Waals surface area contributed by atoms with Crippen molar-refractivity contribution in [2.24, 2.45) is 5.92 Å². The molecule has 0 unspecified atom stereocenters. The second kappa shape index (κ2) is 4.11. The lowest BCUT2D eigenvalue weighted by Gasteiger charge is -2.02. The van der Waals surface area contributed by atoms with Crippen LogP contribution in [-0.2, 0) is 6.61 Å². The minimum Gasteiger partial charge on any atom is -0.450 e. The number of aliphatic hydroxyl groups excluding tert-OH is 1. The second-order valence-corrected chi connectivity index (χ2v) is 2.97. The van der Waals surface area contributed by atoms with Crippen LogP contribution in [0.2, 0.25) is 0 Å². The summed E-state index contributed by atoms with van der Waals surface area (Å²) in [4.78, 5) is 3.86. The summed E-state index contributed by atoms with van der Waals surface area (Å²) in [5.41, 5.74) is 0.494. The summed E-state index contributed by atoms with van der Waals surface area (Å²) in [6, 6.07) is 0. The van der Waals surface area contributed by atoms with Crippen LogP contribution in [0.5, 0.6) is 6.08 Å². The Hall–Kier alpha value is -1.03. The highest BCUT2D eigenvalue weighted by atomic mass is 16.6. The molecule has 4 heteroatoms. The van der Waals surface area contributed by atoms with E-state index in [4.69, 9.17) is 14.3 Å². The summed E-state index contributed by atoms with van der Waals surface area (Å²) in [5.74, 6) is 0.439. The van der Waals surface area contributed by atoms with Gasteiger partial charge in [0.25, 0.3) is 0 Å². The van der Waals surface area contributed by atoms with E-state index in [-0.39, 0.29) is 12.7 Å². The van der Waals surface area contributed by atoms with Gasteiger partial charge in [0.2, 0.25) is 0 Å². The maximum Gasteiger partial charge on any atom is 0.393 e. The Morgan fingerprint density at radius 2 is 2.42 bits per heavy atom. The third kappa shape index (κ3) is 2.54. The fourth-order valence-electron chi connectivity index (χ4n) is 0.665. The van der Waals surface area contributed by atoms with E-state index in [1.54, 1.807) is 0 Å². The third-order valence-corrected chi connectivity index (χ3v) is 1.23. The number of hydrogen-bond donors (Lipinski definition) is 1. The largest absolute Gasteiger partial charge is 0.450 e. The molecule has 0 saturated heterocycles. The van der Waals surface area contributed by atoms with Gasteiger partial charge in [0.05, 0.1) is 13.2 Å². The molecule has 0 saturated carbocycles. The first kappa shape index (κ1) is 9.06. The smallest absolute Gasteiger partial charge is 0.393 e. The van der Waals surface area contributed by atoms with Gasteiger partial charge in [0.15, 0.2) is 0 Å². The van der Waals surface area contributed by atoms with Crippen molar-refractivity contribution in [2.45, 2.75) is 20.5 Å². The fourth-order valence-corrected chi connectivity index (χ4v) is 0.665. The van der Waals surface area contributed by atoms with E-state index in [0.717, 1.165) is 0 Å². The average Bonchev–Trinajstić information content (AvgIpc) is 2.48. The van der Waals surface area contributed by atoms with E-state index in [1.165, 1.54) is 6.26 Å². The Morgan fingerprint density at radius 3 is 2.92 bits per heavy atom. The van der Waals surface area contributed by atoms with Gasteiger partial charge >= 0.3 is 6.08 Å². The van der Waals surface area contributed by atoms with E-state index < -0.39 is 0 Å². The van der Waals surface area contributed by atoms with Crippen LogP contribution in [0.1, 0.15) is 19.5 Å². The van der Waals surface area contributed by atoms with Crippen molar-refractivity contribution in [1.82, 2.24) is 4.98 Å². The number of rotatable bonds is 4. The highest BCUT2D eigenvalue weighted by Crippen LogP contribution is 2.10. The van der Waals surface area contributed by atoms with Gasteiger partial charge in [-0.1, -0.05) is 13.8 Å². The van der Waals surface area contributed by atoms with E-state index in [2.05, 4.69) is 4.98 Å². The molecule has 1 aromatic heterocycles. The first-order valence-corrected chi connectivity index (χ1v) is 3.90. The highest BCUT2D eigenvalue weighted by Gasteiger charge is 2.04. The topological polar surface area (TPSA) is 55.5 Å². The van der Waals surface area contributed by atoms with Gasteiger partial charge in [-0.05, 0) is 5.92 Å². The standard InChI is InChI=1S/C8H13NO3/c1-6(2)4-11-8-9-7(3-10)5-12-8/h5-6,10H,3-4H2,1-2H3. The van der Waals surface area contributed by atoms with Crippen LogP contribution in [0.4, 0.5) is 0 Å². The molecule has 4 nitrogen and oxygen atoms in total. The van der Waals surface area contributed by atoms with Crippen LogP contribution in [-0.4, -0.2) is 16.7 Å². The molecule has 0 radical (unpaired) electrons. The Morgan fingerprint density at radius 1 is 1.67 bits per heavy atom. The molecule has 1 N–H and O–H groups in total. The van der Waals surface area contributed by atoms with Gasteiger partial charge in [-0.25, -0.2) is 0 Å². The van der Waals surface area contributed by atoms with Crippen molar-refractivity contribution in [1.29, 1.82) is 0 Å². The summed E-state index contributed by atoms with van der Waals surface area (Å²) in [5, 5.41) is 8.65. The molecule has 0 bridgehead atoms. The molecule has 0 spiro atoms. The van der Waals surface area contributed by atoms with Crippen LogP contribution in [0.15, 0.2) is 10.7 Å². The van der Waals surface area contributed by atoms with Crippen molar-refractivity contribution in [3.8, 4) is 6.08 Å². The van der Waals surface area contributed by atoms with E-state index in [9.17, 15) is 0 Å². The zero-order valence-corrected chi connectivity index (χ0v) is 7.28. The molecule has 1 rings (SSSR count). The molecule has 12 heavy (non-hydrogen) atoms. The monoisotopic (exact) mass is 171 g/mol. The molecule has 1 heterocycles. The number of hydrogen-bond acceptors (Lipinski definition) is 4. The average molecular weight is 171 g/mol. The first-order valence-electron chi connectivity index (χ1n) is 3.90. The Labute approximate surface area is 71.2 Å². The molecule has 68 valence electrons. The lowest BCUT2D eigenvalue weighted by molar-refractivity contribution is 0.201.